The van der Waals surface area contributed by atoms with E-state index in [0.29, 0.717) is 47.9 Å². The second-order valence-electron chi connectivity index (χ2n) is 4.98. The highest BCUT2D eigenvalue weighted by atomic mass is 35.5. The van der Waals surface area contributed by atoms with Crippen LogP contribution in [0.5, 0.6) is 0 Å². The zero-order valence-corrected chi connectivity index (χ0v) is 12.4. The van der Waals surface area contributed by atoms with Crippen molar-refractivity contribution in [3.63, 3.8) is 0 Å². The molecule has 0 radical (unpaired) electrons. The van der Waals surface area contributed by atoms with E-state index in [0.717, 1.165) is 0 Å². The van der Waals surface area contributed by atoms with Crippen molar-refractivity contribution in [1.29, 1.82) is 0 Å². The fourth-order valence-electron chi connectivity index (χ4n) is 2.61. The number of morpholine rings is 1. The topological polar surface area (TPSA) is 34.6 Å². The van der Waals surface area contributed by atoms with Crippen molar-refractivity contribution in [2.45, 2.75) is 6.10 Å². The van der Waals surface area contributed by atoms with Crippen LogP contribution in [-0.4, -0.2) is 44.5 Å². The highest BCUT2D eigenvalue weighted by molar-refractivity contribution is 6.35. The molecule has 0 saturated carbocycles. The van der Waals surface area contributed by atoms with Gasteiger partial charge in [-0.1, -0.05) is 11.6 Å². The molecule has 21 heavy (non-hydrogen) atoms. The Kier molecular flexibility index (Phi) is 4.24. The smallest absolute Gasteiger partial charge is 0.172 e. The van der Waals surface area contributed by atoms with Crippen molar-refractivity contribution in [2.75, 3.05) is 38.3 Å². The van der Waals surface area contributed by atoms with Crippen molar-refractivity contribution in [2.24, 2.45) is 0 Å². The van der Waals surface area contributed by atoms with Crippen molar-refractivity contribution in [3.8, 4) is 0 Å². The molecule has 0 N–H and O–H groups in total. The number of anilines is 1. The molecule has 1 saturated heterocycles. The maximum Gasteiger partial charge on any atom is 0.172 e. The van der Waals surface area contributed by atoms with E-state index in [1.807, 2.05) is 11.0 Å². The molecule has 1 aromatic heterocycles. The minimum atomic E-state index is -0.340. The van der Waals surface area contributed by atoms with Crippen LogP contribution in [0.15, 0.2) is 24.4 Å². The van der Waals surface area contributed by atoms with E-state index in [1.54, 1.807) is 19.2 Å². The van der Waals surface area contributed by atoms with Gasteiger partial charge in [-0.15, -0.1) is 0 Å². The minimum Gasteiger partial charge on any atom is -0.382 e. The zero-order valence-electron chi connectivity index (χ0n) is 11.7. The summed E-state index contributed by atoms with van der Waals surface area (Å²) in [5, 5.41) is 1.13. The molecule has 2 heterocycles. The van der Waals surface area contributed by atoms with Crippen LogP contribution >= 0.6 is 11.6 Å². The number of ether oxygens (including phenoxy) is 2. The lowest BCUT2D eigenvalue weighted by atomic mass is 10.1. The van der Waals surface area contributed by atoms with E-state index in [2.05, 4.69) is 4.98 Å². The first-order chi connectivity index (χ1) is 10.2. The van der Waals surface area contributed by atoms with Gasteiger partial charge in [-0.2, -0.15) is 0 Å². The van der Waals surface area contributed by atoms with Gasteiger partial charge in [-0.05, 0) is 18.2 Å². The number of nitrogens with zero attached hydrogens (tertiary/aromatic N) is 2. The molecule has 1 atom stereocenters. The van der Waals surface area contributed by atoms with Gasteiger partial charge in [0.15, 0.2) is 5.82 Å². The Hall–Kier alpha value is -1.43. The van der Waals surface area contributed by atoms with Crippen molar-refractivity contribution >= 4 is 28.2 Å². The number of hydrogen-bond donors (Lipinski definition) is 0. The van der Waals surface area contributed by atoms with E-state index in [1.165, 1.54) is 6.20 Å². The average molecular weight is 311 g/mol. The van der Waals surface area contributed by atoms with Crippen molar-refractivity contribution in [3.05, 3.63) is 35.2 Å². The second kappa shape index (κ2) is 6.13. The summed E-state index contributed by atoms with van der Waals surface area (Å²) in [6, 6.07) is 5.22. The third kappa shape index (κ3) is 2.81. The highest BCUT2D eigenvalue weighted by Gasteiger charge is 2.23. The molecule has 1 aromatic carbocycles. The monoisotopic (exact) mass is 310 g/mol. The average Bonchev–Trinajstić information content (AvgIpc) is 2.49. The fourth-order valence-corrected chi connectivity index (χ4v) is 2.82. The maximum atomic E-state index is 14.7. The summed E-state index contributed by atoms with van der Waals surface area (Å²) in [7, 11) is 1.63. The number of aromatic nitrogens is 1. The van der Waals surface area contributed by atoms with Gasteiger partial charge in [0.1, 0.15) is 5.52 Å². The summed E-state index contributed by atoms with van der Waals surface area (Å²) >= 11 is 6.07. The Morgan fingerprint density at radius 3 is 3.14 bits per heavy atom. The predicted octanol–water partition coefficient (Wildman–Crippen LogP) is 2.88. The number of benzene rings is 1. The number of methoxy groups -OCH3 is 1. The van der Waals surface area contributed by atoms with Gasteiger partial charge in [0.05, 0.1) is 30.0 Å². The summed E-state index contributed by atoms with van der Waals surface area (Å²) in [4.78, 5) is 6.07. The summed E-state index contributed by atoms with van der Waals surface area (Å²) < 4.78 is 25.4. The van der Waals surface area contributed by atoms with E-state index >= 15 is 0 Å². The van der Waals surface area contributed by atoms with E-state index < -0.39 is 0 Å². The second-order valence-corrected chi connectivity index (χ2v) is 5.39. The summed E-state index contributed by atoms with van der Waals surface area (Å²) in [5.41, 5.74) is 0.830. The fraction of sp³-hybridized carbons (Fsp3) is 0.400. The Balaban J connectivity index is 1.95. The van der Waals surface area contributed by atoms with Gasteiger partial charge in [-0.3, -0.25) is 4.98 Å². The molecular formula is C15H16ClFN2O2. The van der Waals surface area contributed by atoms with Crippen LogP contribution in [-0.2, 0) is 9.47 Å². The van der Waals surface area contributed by atoms with Crippen LogP contribution in [0.4, 0.5) is 10.1 Å². The third-order valence-electron chi connectivity index (χ3n) is 3.61. The maximum absolute atomic E-state index is 14.7. The number of pyridine rings is 1. The van der Waals surface area contributed by atoms with Gasteiger partial charge in [0.25, 0.3) is 0 Å². The van der Waals surface area contributed by atoms with Crippen LogP contribution in [0, 0.1) is 5.82 Å². The van der Waals surface area contributed by atoms with E-state index in [9.17, 15) is 4.39 Å². The van der Waals surface area contributed by atoms with Crippen LogP contribution < -0.4 is 4.90 Å². The van der Waals surface area contributed by atoms with E-state index in [-0.39, 0.29) is 11.9 Å². The molecule has 2 aromatic rings. The molecule has 4 nitrogen and oxygen atoms in total. The van der Waals surface area contributed by atoms with Gasteiger partial charge >= 0.3 is 0 Å². The standard InChI is InChI=1S/C15H16ClFN2O2/c1-20-9-10-8-19(6-7-21-10)13-3-2-11-12(16)4-5-18-15(11)14(13)17/h2-5,10H,6-9H2,1H3/t10-/m1/s1. The quantitative estimate of drug-likeness (QED) is 0.873. The first-order valence-electron chi connectivity index (χ1n) is 6.79. The Labute approximate surface area is 127 Å². The van der Waals surface area contributed by atoms with Crippen molar-refractivity contribution < 1.29 is 13.9 Å². The predicted molar refractivity (Wildman–Crippen MR) is 80.5 cm³/mol. The first kappa shape index (κ1) is 14.5. The number of halogens is 2. The van der Waals surface area contributed by atoms with E-state index in [4.69, 9.17) is 21.1 Å². The zero-order chi connectivity index (χ0) is 14.8. The summed E-state index contributed by atoms with van der Waals surface area (Å²) in [6.07, 6.45) is 1.47. The Bertz CT molecular complexity index is 651. The third-order valence-corrected chi connectivity index (χ3v) is 3.94. The number of hydrogen-bond acceptors (Lipinski definition) is 4. The Morgan fingerprint density at radius 1 is 1.48 bits per heavy atom. The molecule has 1 aliphatic rings. The largest absolute Gasteiger partial charge is 0.382 e. The molecular weight excluding hydrogens is 295 g/mol. The van der Waals surface area contributed by atoms with Crippen LogP contribution in [0.25, 0.3) is 10.9 Å². The molecule has 0 amide bonds. The van der Waals surface area contributed by atoms with Crippen LogP contribution in [0.3, 0.4) is 0 Å². The van der Waals surface area contributed by atoms with Gasteiger partial charge < -0.3 is 14.4 Å². The van der Waals surface area contributed by atoms with Gasteiger partial charge in [0.2, 0.25) is 0 Å². The minimum absolute atomic E-state index is 0.0498. The number of rotatable bonds is 3. The lowest BCUT2D eigenvalue weighted by Gasteiger charge is -2.34. The molecule has 6 heteroatoms. The lowest BCUT2D eigenvalue weighted by molar-refractivity contribution is -0.0101. The molecule has 3 rings (SSSR count). The summed E-state index contributed by atoms with van der Waals surface area (Å²) in [6.45, 7) is 2.28. The van der Waals surface area contributed by atoms with Crippen LogP contribution in [0.1, 0.15) is 0 Å². The normalized spacial score (nSPS) is 19.2. The molecule has 112 valence electrons. The molecule has 0 bridgehead atoms. The lowest BCUT2D eigenvalue weighted by Crippen LogP contribution is -2.44. The highest BCUT2D eigenvalue weighted by Crippen LogP contribution is 2.30. The molecule has 0 aliphatic carbocycles. The molecule has 1 fully saturated rings. The SMILES string of the molecule is COC[C@H]1CN(c2ccc3c(Cl)ccnc3c2F)CCO1. The molecule has 0 spiro atoms. The Morgan fingerprint density at radius 2 is 2.33 bits per heavy atom. The van der Waals surface area contributed by atoms with Crippen molar-refractivity contribution in [1.82, 2.24) is 4.98 Å². The first-order valence-corrected chi connectivity index (χ1v) is 7.16. The van der Waals surface area contributed by atoms with Gasteiger partial charge in [0, 0.05) is 31.8 Å². The molecule has 0 unspecified atom stereocenters. The van der Waals surface area contributed by atoms with Gasteiger partial charge in [-0.25, -0.2) is 4.39 Å². The molecule has 1 aliphatic heterocycles. The summed E-state index contributed by atoms with van der Waals surface area (Å²) in [5.74, 6) is -0.340. The van der Waals surface area contributed by atoms with Crippen LogP contribution in [0.2, 0.25) is 5.02 Å². The number of fused-ring (bicyclic) bond motifs is 1.